The number of aromatic nitrogens is 1. The molecular formula is C44H55N5O9S. The third kappa shape index (κ3) is 8.80. The number of likely N-dealkylation sites (tertiary alicyclic amines) is 1. The van der Waals surface area contributed by atoms with Crippen LogP contribution in [0.15, 0.2) is 79.4 Å². The molecule has 6 rings (SSSR count). The molecule has 5 unspecified atom stereocenters. The lowest BCUT2D eigenvalue weighted by Gasteiger charge is -2.36. The molecule has 3 fully saturated rings. The Labute approximate surface area is 346 Å². The number of nitrogens with zero attached hydrogens (tertiary/aromatic N) is 2. The second-order valence-corrected chi connectivity index (χ2v) is 19.9. The maximum Gasteiger partial charge on any atom is 0.408 e. The van der Waals surface area contributed by atoms with Gasteiger partial charge in [0.15, 0.2) is 0 Å². The highest BCUT2D eigenvalue weighted by molar-refractivity contribution is 7.92. The molecule has 14 nitrogen and oxygen atoms in total. The lowest BCUT2D eigenvalue weighted by atomic mass is 9.85. The van der Waals surface area contributed by atoms with Gasteiger partial charge >= 0.3 is 6.09 Å². The molecule has 0 radical (unpaired) electrons. The van der Waals surface area contributed by atoms with Gasteiger partial charge in [0.25, 0.3) is 5.91 Å². The highest BCUT2D eigenvalue weighted by atomic mass is 32.2. The molecule has 3 N–H and O–H groups in total. The normalized spacial score (nSPS) is 22.7. The van der Waals surface area contributed by atoms with Crippen LogP contribution in [0.5, 0.6) is 11.5 Å². The first kappa shape index (κ1) is 43.1. The van der Waals surface area contributed by atoms with Gasteiger partial charge < -0.3 is 29.7 Å². The molecule has 316 valence electrons. The number of carbonyl (C=O) groups is 4. The number of carbonyl (C=O) groups excluding carboxylic acids is 4. The Kier molecular flexibility index (Phi) is 11.4. The predicted molar refractivity (Wildman–Crippen MR) is 224 cm³/mol. The Morgan fingerprint density at radius 2 is 1.69 bits per heavy atom. The van der Waals surface area contributed by atoms with Gasteiger partial charge in [-0.15, -0.1) is 6.58 Å². The van der Waals surface area contributed by atoms with Gasteiger partial charge in [0, 0.05) is 35.4 Å². The third-order valence-corrected chi connectivity index (χ3v) is 13.5. The van der Waals surface area contributed by atoms with Crippen LogP contribution in [0, 0.1) is 11.3 Å². The van der Waals surface area contributed by atoms with E-state index in [2.05, 4.69) is 28.5 Å². The average Bonchev–Trinajstić information content (AvgIpc) is 4.07. The Morgan fingerprint density at radius 3 is 2.25 bits per heavy atom. The van der Waals surface area contributed by atoms with Crippen molar-refractivity contribution in [3.63, 3.8) is 0 Å². The summed E-state index contributed by atoms with van der Waals surface area (Å²) in [5, 5.41) is 6.23. The molecule has 15 heteroatoms. The molecule has 1 aromatic heterocycles. The second-order valence-electron chi connectivity index (χ2n) is 17.9. The predicted octanol–water partition coefficient (Wildman–Crippen LogP) is 5.81. The molecule has 3 aliphatic rings. The van der Waals surface area contributed by atoms with Gasteiger partial charge in [-0.05, 0) is 64.5 Å². The van der Waals surface area contributed by atoms with Gasteiger partial charge in [-0.1, -0.05) is 69.3 Å². The largest absolute Gasteiger partial charge is 0.497 e. The van der Waals surface area contributed by atoms with Crippen LogP contribution in [0.25, 0.3) is 22.2 Å². The molecule has 1 saturated heterocycles. The van der Waals surface area contributed by atoms with E-state index in [-0.39, 0.29) is 19.4 Å². The number of benzene rings is 2. The summed E-state index contributed by atoms with van der Waals surface area (Å²) in [6, 6.07) is 14.4. The van der Waals surface area contributed by atoms with Crippen LogP contribution in [-0.2, 0) is 29.1 Å². The van der Waals surface area contributed by atoms with Crippen LogP contribution in [0.2, 0.25) is 0 Å². The van der Waals surface area contributed by atoms with Crippen LogP contribution in [-0.4, -0.2) is 89.8 Å². The van der Waals surface area contributed by atoms with E-state index in [0.717, 1.165) is 5.56 Å². The molecule has 0 spiro atoms. The summed E-state index contributed by atoms with van der Waals surface area (Å²) in [4.78, 5) is 62.6. The number of hydrogen-bond donors (Lipinski definition) is 3. The van der Waals surface area contributed by atoms with Crippen molar-refractivity contribution in [2.45, 2.75) is 108 Å². The number of nitrogens with one attached hydrogen (secondary N) is 3. The van der Waals surface area contributed by atoms with Crippen molar-refractivity contribution in [1.82, 2.24) is 25.2 Å². The van der Waals surface area contributed by atoms with Gasteiger partial charge in [0.05, 0.1) is 24.9 Å². The fourth-order valence-corrected chi connectivity index (χ4v) is 9.36. The maximum atomic E-state index is 14.7. The van der Waals surface area contributed by atoms with Crippen LogP contribution in [0.1, 0.15) is 74.1 Å². The van der Waals surface area contributed by atoms with Gasteiger partial charge in [0.1, 0.15) is 45.6 Å². The fourth-order valence-electron chi connectivity index (χ4n) is 7.64. The van der Waals surface area contributed by atoms with E-state index < -0.39 is 79.2 Å². The summed E-state index contributed by atoms with van der Waals surface area (Å²) in [6.45, 7) is 19.7. The van der Waals surface area contributed by atoms with Crippen LogP contribution in [0.3, 0.4) is 0 Å². The van der Waals surface area contributed by atoms with E-state index in [4.69, 9.17) is 19.2 Å². The van der Waals surface area contributed by atoms with E-state index in [1.807, 2.05) is 42.5 Å². The van der Waals surface area contributed by atoms with E-state index in [9.17, 15) is 27.6 Å². The maximum absolute atomic E-state index is 14.7. The average molecular weight is 830 g/mol. The quantitative estimate of drug-likeness (QED) is 0.178. The second kappa shape index (κ2) is 15.6. The summed E-state index contributed by atoms with van der Waals surface area (Å²) in [7, 11) is -2.61. The molecule has 3 aromatic rings. The standard InChI is InChI=1S/C44H55N5O9S/c1-11-28-24-44(28,39(52)48-59(54,55)43(19-20-43)26(2)3)47-37(50)34-22-30(25-49(34)38(51)36(41(4,5)6)46-40(53)58-42(7,8)9)57-35-23-32(27-15-13-12-14-16-27)45-33-21-29(56-10)17-18-31(33)35/h11-18,21,23,28,30,34,36H,1-2,19-20,22,24-25H2,3-10H3,(H,46,53)(H,47,50)(H,48,52). The van der Waals surface area contributed by atoms with E-state index >= 15 is 0 Å². The summed E-state index contributed by atoms with van der Waals surface area (Å²) < 4.78 is 45.6. The minimum Gasteiger partial charge on any atom is -0.497 e. The van der Waals surface area contributed by atoms with Crippen molar-refractivity contribution >= 4 is 44.7 Å². The monoisotopic (exact) mass is 829 g/mol. The molecular weight excluding hydrogens is 775 g/mol. The molecule has 59 heavy (non-hydrogen) atoms. The Morgan fingerprint density at radius 1 is 1.02 bits per heavy atom. The number of hydrogen-bond acceptors (Lipinski definition) is 10. The number of alkyl carbamates (subject to hydrolysis) is 1. The third-order valence-electron chi connectivity index (χ3n) is 11.2. The number of pyridine rings is 1. The number of fused-ring (bicyclic) bond motifs is 1. The Bertz CT molecular complexity index is 2300. The zero-order valence-corrected chi connectivity index (χ0v) is 35.8. The first-order valence-electron chi connectivity index (χ1n) is 19.7. The van der Waals surface area contributed by atoms with Crippen LogP contribution >= 0.6 is 0 Å². The van der Waals surface area contributed by atoms with Gasteiger partial charge in [-0.2, -0.15) is 0 Å². The first-order chi connectivity index (χ1) is 27.5. The van der Waals surface area contributed by atoms with Crippen LogP contribution in [0.4, 0.5) is 4.79 Å². The van der Waals surface area contributed by atoms with Crippen molar-refractivity contribution in [2.75, 3.05) is 13.7 Å². The molecule has 4 amide bonds. The lowest BCUT2D eigenvalue weighted by Crippen LogP contribution is -2.60. The summed E-state index contributed by atoms with van der Waals surface area (Å²) in [5.74, 6) is -1.68. The smallest absolute Gasteiger partial charge is 0.408 e. The minimum atomic E-state index is -4.18. The number of ether oxygens (including phenoxy) is 3. The zero-order valence-electron chi connectivity index (χ0n) is 35.0. The van der Waals surface area contributed by atoms with Gasteiger partial charge in [0.2, 0.25) is 21.8 Å². The van der Waals surface area contributed by atoms with Crippen molar-refractivity contribution < 1.29 is 41.8 Å². The zero-order chi connectivity index (χ0) is 43.3. The van der Waals surface area contributed by atoms with Crippen molar-refractivity contribution in [2.24, 2.45) is 11.3 Å². The van der Waals surface area contributed by atoms with Gasteiger partial charge in [-0.3, -0.25) is 19.1 Å². The molecule has 1 aliphatic heterocycles. The molecule has 0 bridgehead atoms. The number of rotatable bonds is 13. The number of methoxy groups -OCH3 is 1. The Hall–Kier alpha value is -5.44. The van der Waals surface area contributed by atoms with Crippen molar-refractivity contribution in [3.05, 3.63) is 79.4 Å². The topological polar surface area (TPSA) is 182 Å². The number of amides is 4. The summed E-state index contributed by atoms with van der Waals surface area (Å²) >= 11 is 0. The first-order valence-corrected chi connectivity index (χ1v) is 21.2. The van der Waals surface area contributed by atoms with Crippen molar-refractivity contribution in [1.29, 1.82) is 0 Å². The molecule has 2 heterocycles. The van der Waals surface area contributed by atoms with Crippen molar-refractivity contribution in [3.8, 4) is 22.8 Å². The summed E-state index contributed by atoms with van der Waals surface area (Å²) in [6.07, 6.45) is 0.690. The lowest BCUT2D eigenvalue weighted by molar-refractivity contribution is -0.143. The fraction of sp³-hybridized carbons (Fsp3) is 0.477. The molecule has 2 aromatic carbocycles. The van der Waals surface area contributed by atoms with E-state index in [1.54, 1.807) is 67.7 Å². The SMILES string of the molecule is C=CC1CC1(NC(=O)C1CC(Oc2cc(-c3ccccc3)nc3cc(OC)ccc23)CN1C(=O)C(NC(=O)OC(C)(C)C)C(C)(C)C)C(=O)NS(=O)(=O)C1(C(=C)C)CC1. The molecule has 2 saturated carbocycles. The van der Waals surface area contributed by atoms with Crippen LogP contribution < -0.4 is 24.8 Å². The minimum absolute atomic E-state index is 0.00492. The highest BCUT2D eigenvalue weighted by Gasteiger charge is 2.64. The van der Waals surface area contributed by atoms with E-state index in [1.165, 1.54) is 11.0 Å². The molecule has 2 aliphatic carbocycles. The Balaban J connectivity index is 1.35. The van der Waals surface area contributed by atoms with Gasteiger partial charge in [-0.25, -0.2) is 18.2 Å². The summed E-state index contributed by atoms with van der Waals surface area (Å²) in [5.41, 5.74) is -0.841. The molecule has 5 atom stereocenters. The number of sulfonamides is 1. The van der Waals surface area contributed by atoms with E-state index in [0.29, 0.717) is 46.5 Å². The highest BCUT2D eigenvalue weighted by Crippen LogP contribution is 2.50.